The van der Waals surface area contributed by atoms with E-state index >= 15 is 0 Å². The van der Waals surface area contributed by atoms with Crippen molar-refractivity contribution in [3.63, 3.8) is 0 Å². The molecule has 1 N–H and O–H groups in total. The fraction of sp³-hybridized carbons (Fsp3) is 0.667. The van der Waals surface area contributed by atoms with Crippen molar-refractivity contribution in [3.05, 3.63) is 35.9 Å². The summed E-state index contributed by atoms with van der Waals surface area (Å²) in [6, 6.07) is 12.6. The maximum Gasteiger partial charge on any atom is 0.0473 e. The summed E-state index contributed by atoms with van der Waals surface area (Å²) in [5.74, 6) is 0. The predicted molar refractivity (Wildman–Crippen MR) is 88.5 cm³/mol. The van der Waals surface area contributed by atoms with Crippen LogP contribution < -0.4 is 5.32 Å². The number of likely N-dealkylation sites (N-methyl/N-ethyl adjacent to an activating group) is 1. The van der Waals surface area contributed by atoms with Crippen molar-refractivity contribution >= 4 is 0 Å². The molecule has 0 aliphatic carbocycles. The van der Waals surface area contributed by atoms with Crippen molar-refractivity contribution in [1.82, 2.24) is 15.1 Å². The number of hydrogen-bond donors (Lipinski definition) is 1. The summed E-state index contributed by atoms with van der Waals surface area (Å²) in [5, 5.41) is 3.52. The molecular formula is C18H29N3. The molecule has 2 aliphatic heterocycles. The van der Waals surface area contributed by atoms with Crippen LogP contribution in [0.2, 0.25) is 0 Å². The zero-order chi connectivity index (χ0) is 14.7. The lowest BCUT2D eigenvalue weighted by Gasteiger charge is -2.33. The smallest absolute Gasteiger partial charge is 0.0473 e. The highest BCUT2D eigenvalue weighted by Crippen LogP contribution is 2.27. The molecule has 3 nitrogen and oxygen atoms in total. The molecule has 116 valence electrons. The lowest BCUT2D eigenvalue weighted by Crippen LogP contribution is -2.43. The molecule has 2 saturated heterocycles. The van der Waals surface area contributed by atoms with Crippen molar-refractivity contribution in [2.24, 2.45) is 0 Å². The van der Waals surface area contributed by atoms with Crippen LogP contribution in [-0.4, -0.2) is 55.1 Å². The lowest BCUT2D eigenvalue weighted by atomic mass is 9.99. The van der Waals surface area contributed by atoms with E-state index in [1.54, 1.807) is 0 Å². The van der Waals surface area contributed by atoms with E-state index in [1.807, 2.05) is 0 Å². The average Bonchev–Trinajstić information content (AvgIpc) is 3.20. The van der Waals surface area contributed by atoms with Gasteiger partial charge in [-0.3, -0.25) is 9.80 Å². The molecule has 0 aromatic heterocycles. The van der Waals surface area contributed by atoms with Gasteiger partial charge in [0.15, 0.2) is 0 Å². The summed E-state index contributed by atoms with van der Waals surface area (Å²) in [6.45, 7) is 7.50. The van der Waals surface area contributed by atoms with Crippen LogP contribution in [0.15, 0.2) is 30.3 Å². The monoisotopic (exact) mass is 287 g/mol. The number of rotatable bonds is 5. The highest BCUT2D eigenvalue weighted by Gasteiger charge is 2.33. The van der Waals surface area contributed by atoms with Gasteiger partial charge < -0.3 is 5.32 Å². The van der Waals surface area contributed by atoms with E-state index in [0.717, 1.165) is 6.04 Å². The summed E-state index contributed by atoms with van der Waals surface area (Å²) < 4.78 is 0. The molecule has 0 amide bonds. The van der Waals surface area contributed by atoms with Crippen LogP contribution in [0, 0.1) is 0 Å². The first kappa shape index (κ1) is 15.0. The molecular weight excluding hydrogens is 258 g/mol. The van der Waals surface area contributed by atoms with Crippen molar-refractivity contribution < 1.29 is 0 Å². The van der Waals surface area contributed by atoms with Crippen LogP contribution >= 0.6 is 0 Å². The first-order chi connectivity index (χ1) is 10.3. The summed E-state index contributed by atoms with van der Waals surface area (Å²) in [6.07, 6.45) is 4.14. The van der Waals surface area contributed by atoms with Crippen LogP contribution in [0.5, 0.6) is 0 Å². The molecule has 3 heteroatoms. The fourth-order valence-electron chi connectivity index (χ4n) is 4.10. The SMILES string of the molecule is CNC(c1ccccc1)C(C)N1CCC(N2CCCC2)C1. The second kappa shape index (κ2) is 6.91. The third-order valence-corrected chi connectivity index (χ3v) is 5.38. The molecule has 3 unspecified atom stereocenters. The van der Waals surface area contributed by atoms with Crippen molar-refractivity contribution in [3.8, 4) is 0 Å². The third kappa shape index (κ3) is 3.31. The van der Waals surface area contributed by atoms with Gasteiger partial charge in [0, 0.05) is 31.2 Å². The molecule has 1 aromatic carbocycles. The van der Waals surface area contributed by atoms with Crippen LogP contribution in [0.4, 0.5) is 0 Å². The summed E-state index contributed by atoms with van der Waals surface area (Å²) in [5.41, 5.74) is 1.40. The van der Waals surface area contributed by atoms with E-state index in [4.69, 9.17) is 0 Å². The van der Waals surface area contributed by atoms with Gasteiger partial charge in [0.2, 0.25) is 0 Å². The van der Waals surface area contributed by atoms with Crippen molar-refractivity contribution in [2.45, 2.75) is 44.3 Å². The number of likely N-dealkylation sites (tertiary alicyclic amines) is 2. The van der Waals surface area contributed by atoms with E-state index in [0.29, 0.717) is 12.1 Å². The molecule has 21 heavy (non-hydrogen) atoms. The number of hydrogen-bond acceptors (Lipinski definition) is 3. The van der Waals surface area contributed by atoms with Gasteiger partial charge in [-0.2, -0.15) is 0 Å². The summed E-state index contributed by atoms with van der Waals surface area (Å²) in [4.78, 5) is 5.39. The van der Waals surface area contributed by atoms with E-state index in [2.05, 4.69) is 59.4 Å². The zero-order valence-electron chi connectivity index (χ0n) is 13.5. The van der Waals surface area contributed by atoms with E-state index in [-0.39, 0.29) is 0 Å². The van der Waals surface area contributed by atoms with Gasteiger partial charge in [0.25, 0.3) is 0 Å². The Balaban J connectivity index is 1.63. The fourth-order valence-corrected chi connectivity index (χ4v) is 4.10. The van der Waals surface area contributed by atoms with Crippen LogP contribution in [-0.2, 0) is 0 Å². The Hall–Kier alpha value is -0.900. The Morgan fingerprint density at radius 3 is 2.48 bits per heavy atom. The minimum Gasteiger partial charge on any atom is -0.312 e. The quantitative estimate of drug-likeness (QED) is 0.898. The molecule has 3 rings (SSSR count). The van der Waals surface area contributed by atoms with Gasteiger partial charge in [0.1, 0.15) is 0 Å². The Morgan fingerprint density at radius 1 is 1.10 bits per heavy atom. The molecule has 3 atom stereocenters. The number of nitrogens with zero attached hydrogens (tertiary/aromatic N) is 2. The average molecular weight is 287 g/mol. The maximum absolute atomic E-state index is 3.52. The topological polar surface area (TPSA) is 18.5 Å². The predicted octanol–water partition coefficient (Wildman–Crippen LogP) is 2.51. The van der Waals surface area contributed by atoms with Gasteiger partial charge in [-0.15, -0.1) is 0 Å². The zero-order valence-corrected chi connectivity index (χ0v) is 13.5. The van der Waals surface area contributed by atoms with Gasteiger partial charge in [-0.25, -0.2) is 0 Å². The number of benzene rings is 1. The highest BCUT2D eigenvalue weighted by molar-refractivity contribution is 5.20. The first-order valence-electron chi connectivity index (χ1n) is 8.50. The largest absolute Gasteiger partial charge is 0.312 e. The van der Waals surface area contributed by atoms with Crippen LogP contribution in [0.1, 0.15) is 37.8 Å². The van der Waals surface area contributed by atoms with Gasteiger partial charge in [-0.1, -0.05) is 30.3 Å². The van der Waals surface area contributed by atoms with E-state index in [9.17, 15) is 0 Å². The Labute approximate surface area is 129 Å². The Kier molecular flexibility index (Phi) is 4.94. The molecule has 2 aliphatic rings. The van der Waals surface area contributed by atoms with Crippen LogP contribution in [0.25, 0.3) is 0 Å². The van der Waals surface area contributed by atoms with Crippen molar-refractivity contribution in [2.75, 3.05) is 33.2 Å². The molecule has 0 bridgehead atoms. The van der Waals surface area contributed by atoms with E-state index in [1.165, 1.54) is 51.0 Å². The summed E-state index contributed by atoms with van der Waals surface area (Å²) in [7, 11) is 2.09. The minimum absolute atomic E-state index is 0.420. The summed E-state index contributed by atoms with van der Waals surface area (Å²) >= 11 is 0. The maximum atomic E-state index is 3.52. The minimum atomic E-state index is 0.420. The van der Waals surface area contributed by atoms with E-state index < -0.39 is 0 Å². The third-order valence-electron chi connectivity index (χ3n) is 5.38. The molecule has 0 radical (unpaired) electrons. The molecule has 0 saturated carbocycles. The molecule has 2 fully saturated rings. The second-order valence-electron chi connectivity index (χ2n) is 6.60. The Bertz CT molecular complexity index is 427. The Morgan fingerprint density at radius 2 is 1.81 bits per heavy atom. The van der Waals surface area contributed by atoms with Crippen LogP contribution in [0.3, 0.4) is 0 Å². The standard InChI is InChI=1S/C18H29N3/c1-15(18(19-2)16-8-4-3-5-9-16)21-13-10-17(14-21)20-11-6-7-12-20/h3-5,8-9,15,17-19H,6-7,10-14H2,1-2H3. The highest BCUT2D eigenvalue weighted by atomic mass is 15.3. The van der Waals surface area contributed by atoms with Crippen molar-refractivity contribution in [1.29, 1.82) is 0 Å². The molecule has 2 heterocycles. The lowest BCUT2D eigenvalue weighted by molar-refractivity contribution is 0.182. The molecule has 0 spiro atoms. The second-order valence-corrected chi connectivity index (χ2v) is 6.60. The first-order valence-corrected chi connectivity index (χ1v) is 8.50. The normalized spacial score (nSPS) is 27.0. The number of nitrogens with one attached hydrogen (secondary N) is 1. The van der Waals surface area contributed by atoms with Gasteiger partial charge in [-0.05, 0) is 51.9 Å². The van der Waals surface area contributed by atoms with Gasteiger partial charge >= 0.3 is 0 Å². The van der Waals surface area contributed by atoms with Gasteiger partial charge in [0.05, 0.1) is 0 Å². The molecule has 1 aromatic rings.